The number of nitrogens with one attached hydrogen (secondary N) is 1. The minimum atomic E-state index is -2.80. The summed E-state index contributed by atoms with van der Waals surface area (Å²) in [7, 11) is 0. The van der Waals surface area contributed by atoms with Crippen LogP contribution < -0.4 is 16.0 Å². The van der Waals surface area contributed by atoms with Crippen LogP contribution in [0.3, 0.4) is 0 Å². The minimum absolute atomic E-state index is 0.0186. The van der Waals surface area contributed by atoms with Crippen LogP contribution >= 0.6 is 0 Å². The maximum absolute atomic E-state index is 13.6. The molecule has 1 atom stereocenters. The van der Waals surface area contributed by atoms with Gasteiger partial charge in [0.2, 0.25) is 5.91 Å². The molecule has 0 saturated carbocycles. The largest absolute Gasteiger partial charge is 0.370 e. The first-order valence-electron chi connectivity index (χ1n) is 8.98. The molecule has 7 nitrogen and oxygen atoms in total. The fourth-order valence-electron chi connectivity index (χ4n) is 3.11. The molecule has 2 rings (SSSR count). The van der Waals surface area contributed by atoms with E-state index in [1.807, 2.05) is 18.7 Å². The highest BCUT2D eigenvalue weighted by molar-refractivity contribution is 5.97. The van der Waals surface area contributed by atoms with Crippen LogP contribution in [0.2, 0.25) is 0 Å². The number of benzene rings is 1. The molecule has 1 heterocycles. The predicted octanol–water partition coefficient (Wildman–Crippen LogP) is 1.59. The zero-order valence-electron chi connectivity index (χ0n) is 15.6. The number of carbonyl (C=O) groups excluding carboxylic acids is 2. The molecule has 1 aromatic rings. The molecule has 1 aliphatic rings. The van der Waals surface area contributed by atoms with E-state index >= 15 is 0 Å². The van der Waals surface area contributed by atoms with E-state index < -0.39 is 18.4 Å². The van der Waals surface area contributed by atoms with Crippen LogP contribution in [0, 0.1) is 0 Å². The Bertz CT molecular complexity index is 668. The van der Waals surface area contributed by atoms with Crippen molar-refractivity contribution in [3.63, 3.8) is 0 Å². The summed E-state index contributed by atoms with van der Waals surface area (Å²) in [6, 6.07) is 3.57. The minimum Gasteiger partial charge on any atom is -0.370 e. The fourth-order valence-corrected chi connectivity index (χ4v) is 3.11. The van der Waals surface area contributed by atoms with E-state index in [1.165, 1.54) is 17.0 Å². The van der Waals surface area contributed by atoms with E-state index in [1.54, 1.807) is 6.07 Å². The molecule has 9 heteroatoms. The summed E-state index contributed by atoms with van der Waals surface area (Å²) in [4.78, 5) is 27.8. The Morgan fingerprint density at radius 3 is 2.63 bits per heavy atom. The van der Waals surface area contributed by atoms with Gasteiger partial charge in [0.25, 0.3) is 12.3 Å². The number of carbonyl (C=O) groups is 2. The molecule has 1 aliphatic heterocycles. The van der Waals surface area contributed by atoms with Gasteiger partial charge in [-0.15, -0.1) is 0 Å². The number of nitrogens with zero attached hydrogens (tertiary/aromatic N) is 2. The second-order valence-corrected chi connectivity index (χ2v) is 6.13. The molecule has 1 aromatic carbocycles. The molecule has 0 aromatic heterocycles. The van der Waals surface area contributed by atoms with Crippen molar-refractivity contribution in [1.82, 2.24) is 4.90 Å². The monoisotopic (exact) mass is 384 g/mol. The number of anilines is 2. The summed E-state index contributed by atoms with van der Waals surface area (Å²) in [5, 5.41) is 2.56. The Balaban J connectivity index is 2.26. The Morgan fingerprint density at radius 2 is 2.07 bits per heavy atom. The van der Waals surface area contributed by atoms with E-state index in [0.717, 1.165) is 0 Å². The van der Waals surface area contributed by atoms with Gasteiger partial charge in [-0.25, -0.2) is 8.78 Å². The van der Waals surface area contributed by atoms with Crippen LogP contribution in [0.1, 0.15) is 25.8 Å². The average Bonchev–Trinajstić information content (AvgIpc) is 2.66. The molecule has 2 amide bonds. The number of morpholine rings is 1. The third-order valence-electron chi connectivity index (χ3n) is 4.60. The Morgan fingerprint density at radius 1 is 1.37 bits per heavy atom. The highest BCUT2D eigenvalue weighted by atomic mass is 19.3. The standard InChI is InChI=1S/C18H26F2N4O3/c1-3-23(4-2)15(10-21)18(26)22-14-6-5-12(9-13(14)17(19)20)24-7-8-27-11-16(24)25/h5-6,9,15,17H,3-4,7-8,10-11,21H2,1-2H3,(H,22,26)/t15-/m0/s1. The lowest BCUT2D eigenvalue weighted by Gasteiger charge is -2.29. The summed E-state index contributed by atoms with van der Waals surface area (Å²) in [6.45, 7) is 5.68. The van der Waals surface area contributed by atoms with Crippen molar-refractivity contribution >= 4 is 23.2 Å². The van der Waals surface area contributed by atoms with Gasteiger partial charge in [-0.05, 0) is 31.3 Å². The van der Waals surface area contributed by atoms with Crippen molar-refractivity contribution in [3.05, 3.63) is 23.8 Å². The molecule has 1 fully saturated rings. The maximum atomic E-state index is 13.6. The second kappa shape index (κ2) is 9.72. The van der Waals surface area contributed by atoms with Crippen LogP contribution in [-0.4, -0.2) is 62.1 Å². The summed E-state index contributed by atoms with van der Waals surface area (Å²) in [6.07, 6.45) is -2.80. The van der Waals surface area contributed by atoms with Gasteiger partial charge >= 0.3 is 0 Å². The average molecular weight is 384 g/mol. The zero-order valence-corrected chi connectivity index (χ0v) is 15.6. The highest BCUT2D eigenvalue weighted by Crippen LogP contribution is 2.32. The van der Waals surface area contributed by atoms with Gasteiger partial charge in [0, 0.05) is 30.0 Å². The Kier molecular flexibility index (Phi) is 7.64. The first-order chi connectivity index (χ1) is 12.9. The van der Waals surface area contributed by atoms with E-state index in [-0.39, 0.29) is 30.3 Å². The molecule has 0 aliphatic carbocycles. The van der Waals surface area contributed by atoms with Gasteiger partial charge in [0.15, 0.2) is 0 Å². The lowest BCUT2D eigenvalue weighted by molar-refractivity contribution is -0.125. The number of amides is 2. The quantitative estimate of drug-likeness (QED) is 0.711. The summed E-state index contributed by atoms with van der Waals surface area (Å²) < 4.78 is 32.2. The summed E-state index contributed by atoms with van der Waals surface area (Å²) >= 11 is 0. The SMILES string of the molecule is CCN(CC)[C@@H](CN)C(=O)Nc1ccc(N2CCOCC2=O)cc1C(F)F. The Hall–Kier alpha value is -2.10. The van der Waals surface area contributed by atoms with Crippen molar-refractivity contribution in [2.24, 2.45) is 5.73 Å². The van der Waals surface area contributed by atoms with E-state index in [4.69, 9.17) is 10.5 Å². The first kappa shape index (κ1) is 21.2. The van der Waals surface area contributed by atoms with Gasteiger partial charge < -0.3 is 20.7 Å². The molecule has 0 radical (unpaired) electrons. The highest BCUT2D eigenvalue weighted by Gasteiger charge is 2.26. The van der Waals surface area contributed by atoms with Gasteiger partial charge in [-0.3, -0.25) is 14.5 Å². The summed E-state index contributed by atoms with van der Waals surface area (Å²) in [5.41, 5.74) is 5.75. The number of alkyl halides is 2. The molecule has 150 valence electrons. The zero-order chi connectivity index (χ0) is 20.0. The Labute approximate surface area is 157 Å². The maximum Gasteiger partial charge on any atom is 0.265 e. The van der Waals surface area contributed by atoms with Crippen LogP contribution in [0.5, 0.6) is 0 Å². The van der Waals surface area contributed by atoms with Gasteiger partial charge in [0.1, 0.15) is 12.6 Å². The topological polar surface area (TPSA) is 87.9 Å². The van der Waals surface area contributed by atoms with Crippen molar-refractivity contribution in [3.8, 4) is 0 Å². The van der Waals surface area contributed by atoms with Crippen LogP contribution in [0.4, 0.5) is 20.2 Å². The van der Waals surface area contributed by atoms with Crippen LogP contribution in [-0.2, 0) is 14.3 Å². The van der Waals surface area contributed by atoms with Gasteiger partial charge in [0.05, 0.1) is 6.61 Å². The molecule has 3 N–H and O–H groups in total. The van der Waals surface area contributed by atoms with Crippen LogP contribution in [0.25, 0.3) is 0 Å². The fraction of sp³-hybridized carbons (Fsp3) is 0.556. The normalized spacial score (nSPS) is 16.1. The number of nitrogens with two attached hydrogens (primary N) is 1. The number of hydrogen-bond donors (Lipinski definition) is 2. The van der Waals surface area contributed by atoms with Gasteiger partial charge in [-0.2, -0.15) is 0 Å². The van der Waals surface area contributed by atoms with Crippen molar-refractivity contribution in [2.75, 3.05) is 49.6 Å². The van der Waals surface area contributed by atoms with Crippen molar-refractivity contribution in [1.29, 1.82) is 0 Å². The van der Waals surface area contributed by atoms with E-state index in [0.29, 0.717) is 31.9 Å². The first-order valence-corrected chi connectivity index (χ1v) is 8.98. The third kappa shape index (κ3) is 5.00. The number of likely N-dealkylation sites (N-methyl/N-ethyl adjacent to an activating group) is 1. The number of hydrogen-bond acceptors (Lipinski definition) is 5. The predicted molar refractivity (Wildman–Crippen MR) is 99.0 cm³/mol. The molecule has 1 saturated heterocycles. The molecule has 0 spiro atoms. The number of halogens is 2. The van der Waals surface area contributed by atoms with Crippen molar-refractivity contribution in [2.45, 2.75) is 26.3 Å². The smallest absolute Gasteiger partial charge is 0.265 e. The van der Waals surface area contributed by atoms with E-state index in [9.17, 15) is 18.4 Å². The second-order valence-electron chi connectivity index (χ2n) is 6.13. The number of rotatable bonds is 8. The molecule has 0 bridgehead atoms. The molecular weight excluding hydrogens is 358 g/mol. The number of ether oxygens (including phenoxy) is 1. The van der Waals surface area contributed by atoms with Crippen LogP contribution in [0.15, 0.2) is 18.2 Å². The van der Waals surface area contributed by atoms with E-state index in [2.05, 4.69) is 5.32 Å². The lowest BCUT2D eigenvalue weighted by Crippen LogP contribution is -2.48. The summed E-state index contributed by atoms with van der Waals surface area (Å²) in [5.74, 6) is -0.721. The lowest BCUT2D eigenvalue weighted by atomic mass is 10.1. The molecule has 27 heavy (non-hydrogen) atoms. The third-order valence-corrected chi connectivity index (χ3v) is 4.60. The van der Waals surface area contributed by atoms with Crippen molar-refractivity contribution < 1.29 is 23.1 Å². The molecule has 0 unspecified atom stereocenters. The van der Waals surface area contributed by atoms with Gasteiger partial charge in [-0.1, -0.05) is 13.8 Å². The molecular formula is C18H26F2N4O3.